The van der Waals surface area contributed by atoms with Crippen molar-refractivity contribution in [3.8, 4) is 0 Å². The maximum Gasteiger partial charge on any atom is 0.241 e. The van der Waals surface area contributed by atoms with Crippen LogP contribution < -0.4 is 10.2 Å². The first-order valence-corrected chi connectivity index (χ1v) is 12.3. The zero-order valence-electron chi connectivity index (χ0n) is 20.2. The van der Waals surface area contributed by atoms with Gasteiger partial charge in [0, 0.05) is 25.2 Å². The Morgan fingerprint density at radius 3 is 2.50 bits per heavy atom. The first kappa shape index (κ1) is 23.1. The van der Waals surface area contributed by atoms with Crippen molar-refractivity contribution in [2.75, 3.05) is 23.3 Å². The van der Waals surface area contributed by atoms with Crippen LogP contribution in [0, 0.1) is 13.8 Å². The van der Waals surface area contributed by atoms with E-state index in [2.05, 4.69) is 62.7 Å². The maximum absolute atomic E-state index is 13.4. The first-order valence-electron chi connectivity index (χ1n) is 12.3. The van der Waals surface area contributed by atoms with E-state index in [1.165, 1.54) is 67.3 Å². The Morgan fingerprint density at radius 1 is 1.13 bits per heavy atom. The molecule has 0 bridgehead atoms. The Balaban J connectivity index is 1.80. The van der Waals surface area contributed by atoms with Gasteiger partial charge in [-0.2, -0.15) is 0 Å². The highest BCUT2D eigenvalue weighted by molar-refractivity contribution is 5.99. The fraction of sp³-hybridized carbons (Fsp3) is 0.731. The SMILES string of the molecule is CCCCCCN1CCc2c(C)cc(C)c(NC(=O)C(C)N3C(C)CCCC3C)c21. The molecule has 2 heterocycles. The molecule has 1 saturated heterocycles. The van der Waals surface area contributed by atoms with Crippen molar-refractivity contribution in [3.63, 3.8) is 0 Å². The average Bonchev–Trinajstić information content (AvgIpc) is 3.12. The molecular weight excluding hydrogens is 370 g/mol. The number of nitrogens with zero attached hydrogens (tertiary/aromatic N) is 2. The minimum Gasteiger partial charge on any atom is -0.369 e. The highest BCUT2D eigenvalue weighted by Gasteiger charge is 2.33. The molecule has 4 heteroatoms. The fourth-order valence-corrected chi connectivity index (χ4v) is 5.71. The van der Waals surface area contributed by atoms with Crippen LogP contribution in [0.5, 0.6) is 0 Å². The number of hydrogen-bond acceptors (Lipinski definition) is 3. The standard InChI is InChI=1S/C26H43N3O/c1-7-8-9-10-15-28-16-14-23-18(2)17-19(3)24(25(23)28)27-26(30)22(6)29-20(4)12-11-13-21(29)5/h17,20-22H,7-16H2,1-6H3,(H,27,30). The minimum atomic E-state index is -0.105. The molecule has 1 N–H and O–H groups in total. The number of benzene rings is 1. The van der Waals surface area contributed by atoms with Gasteiger partial charge in [-0.3, -0.25) is 9.69 Å². The summed E-state index contributed by atoms with van der Waals surface area (Å²) in [5.41, 5.74) is 6.33. The molecule has 0 saturated carbocycles. The van der Waals surface area contributed by atoms with Crippen LogP contribution >= 0.6 is 0 Å². The van der Waals surface area contributed by atoms with Crippen LogP contribution in [-0.2, 0) is 11.2 Å². The summed E-state index contributed by atoms with van der Waals surface area (Å²) in [4.78, 5) is 18.3. The van der Waals surface area contributed by atoms with Crippen molar-refractivity contribution in [1.82, 2.24) is 4.90 Å². The Labute approximate surface area is 184 Å². The summed E-state index contributed by atoms with van der Waals surface area (Å²) in [5, 5.41) is 3.39. The largest absolute Gasteiger partial charge is 0.369 e. The number of carbonyl (C=O) groups is 1. The summed E-state index contributed by atoms with van der Waals surface area (Å²) in [6.45, 7) is 15.4. The normalized spacial score (nSPS) is 22.8. The second kappa shape index (κ2) is 10.2. The third kappa shape index (κ3) is 4.85. The topological polar surface area (TPSA) is 35.6 Å². The smallest absolute Gasteiger partial charge is 0.241 e. The number of hydrogen-bond donors (Lipinski definition) is 1. The fourth-order valence-electron chi connectivity index (χ4n) is 5.71. The molecule has 1 aromatic carbocycles. The summed E-state index contributed by atoms with van der Waals surface area (Å²) < 4.78 is 0. The van der Waals surface area contributed by atoms with Gasteiger partial charge in [0.25, 0.3) is 0 Å². The van der Waals surface area contributed by atoms with Crippen LogP contribution in [0.4, 0.5) is 11.4 Å². The molecule has 1 amide bonds. The van der Waals surface area contributed by atoms with Crippen LogP contribution in [0.15, 0.2) is 6.07 Å². The van der Waals surface area contributed by atoms with Crippen molar-refractivity contribution >= 4 is 17.3 Å². The quantitative estimate of drug-likeness (QED) is 0.544. The van der Waals surface area contributed by atoms with Crippen LogP contribution in [-0.4, -0.2) is 42.0 Å². The van der Waals surface area contributed by atoms with E-state index in [-0.39, 0.29) is 11.9 Å². The summed E-state index contributed by atoms with van der Waals surface area (Å²) >= 11 is 0. The van der Waals surface area contributed by atoms with Gasteiger partial charge in [0.05, 0.1) is 17.4 Å². The van der Waals surface area contributed by atoms with Gasteiger partial charge >= 0.3 is 0 Å². The number of piperidine rings is 1. The molecule has 3 unspecified atom stereocenters. The third-order valence-corrected chi connectivity index (χ3v) is 7.39. The number of rotatable bonds is 8. The molecule has 1 aromatic rings. The lowest BCUT2D eigenvalue weighted by atomic mass is 9.95. The van der Waals surface area contributed by atoms with Gasteiger partial charge in [-0.15, -0.1) is 0 Å². The highest BCUT2D eigenvalue weighted by Crippen LogP contribution is 2.40. The lowest BCUT2D eigenvalue weighted by molar-refractivity contribution is -0.123. The lowest BCUT2D eigenvalue weighted by Gasteiger charge is -2.42. The number of aryl methyl sites for hydroxylation is 2. The van der Waals surface area contributed by atoms with E-state index < -0.39 is 0 Å². The number of fused-ring (bicyclic) bond motifs is 1. The average molecular weight is 414 g/mol. The van der Waals surface area contributed by atoms with E-state index in [4.69, 9.17) is 0 Å². The zero-order valence-corrected chi connectivity index (χ0v) is 20.2. The number of likely N-dealkylation sites (tertiary alicyclic amines) is 1. The molecule has 0 spiro atoms. The van der Waals surface area contributed by atoms with Gasteiger partial charge in [0.15, 0.2) is 0 Å². The Kier molecular flexibility index (Phi) is 7.84. The molecular formula is C26H43N3O. The Morgan fingerprint density at radius 2 is 1.83 bits per heavy atom. The molecule has 168 valence electrons. The van der Waals surface area contributed by atoms with Crippen LogP contribution in [0.3, 0.4) is 0 Å². The number of unbranched alkanes of at least 4 members (excludes halogenated alkanes) is 3. The van der Waals surface area contributed by atoms with Gasteiger partial charge in [-0.1, -0.05) is 38.7 Å². The Hall–Kier alpha value is -1.55. The summed E-state index contributed by atoms with van der Waals surface area (Å²) in [5.74, 6) is 0.141. The number of carbonyl (C=O) groups excluding carboxylic acids is 1. The summed E-state index contributed by atoms with van der Waals surface area (Å²) in [7, 11) is 0. The van der Waals surface area contributed by atoms with E-state index >= 15 is 0 Å². The third-order valence-electron chi connectivity index (χ3n) is 7.39. The van der Waals surface area contributed by atoms with Crippen molar-refractivity contribution in [2.24, 2.45) is 0 Å². The van der Waals surface area contributed by atoms with Crippen LogP contribution in [0.2, 0.25) is 0 Å². The maximum atomic E-state index is 13.4. The molecule has 3 atom stereocenters. The molecule has 0 aromatic heterocycles. The highest BCUT2D eigenvalue weighted by atomic mass is 16.2. The van der Waals surface area contributed by atoms with E-state index in [0.717, 1.165) is 25.2 Å². The van der Waals surface area contributed by atoms with E-state index in [1.807, 2.05) is 0 Å². The Bertz CT molecular complexity index is 734. The van der Waals surface area contributed by atoms with E-state index in [0.29, 0.717) is 12.1 Å². The van der Waals surface area contributed by atoms with Gasteiger partial charge < -0.3 is 10.2 Å². The summed E-state index contributed by atoms with van der Waals surface area (Å²) in [6, 6.07) is 3.08. The van der Waals surface area contributed by atoms with Crippen molar-refractivity contribution in [3.05, 3.63) is 22.8 Å². The van der Waals surface area contributed by atoms with Gasteiger partial charge in [0.1, 0.15) is 0 Å². The lowest BCUT2D eigenvalue weighted by Crippen LogP contribution is -2.53. The van der Waals surface area contributed by atoms with Crippen molar-refractivity contribution in [1.29, 1.82) is 0 Å². The molecule has 30 heavy (non-hydrogen) atoms. The second-order valence-corrected chi connectivity index (χ2v) is 9.75. The predicted octanol–water partition coefficient (Wildman–Crippen LogP) is 5.84. The zero-order chi connectivity index (χ0) is 21.8. The van der Waals surface area contributed by atoms with Gasteiger partial charge in [0.2, 0.25) is 5.91 Å². The van der Waals surface area contributed by atoms with Crippen molar-refractivity contribution in [2.45, 2.75) is 111 Å². The molecule has 2 aliphatic heterocycles. The van der Waals surface area contributed by atoms with Gasteiger partial charge in [-0.05, 0) is 77.0 Å². The molecule has 3 rings (SSSR count). The summed E-state index contributed by atoms with van der Waals surface area (Å²) in [6.07, 6.45) is 9.82. The molecule has 1 fully saturated rings. The van der Waals surface area contributed by atoms with Crippen LogP contribution in [0.25, 0.3) is 0 Å². The van der Waals surface area contributed by atoms with E-state index in [9.17, 15) is 4.79 Å². The molecule has 4 nitrogen and oxygen atoms in total. The molecule has 0 radical (unpaired) electrons. The first-order chi connectivity index (χ1) is 14.3. The van der Waals surface area contributed by atoms with Crippen molar-refractivity contribution < 1.29 is 4.79 Å². The minimum absolute atomic E-state index is 0.105. The van der Waals surface area contributed by atoms with Crippen LogP contribution in [0.1, 0.15) is 89.3 Å². The second-order valence-electron chi connectivity index (χ2n) is 9.75. The number of amides is 1. The molecule has 2 aliphatic rings. The van der Waals surface area contributed by atoms with E-state index in [1.54, 1.807) is 0 Å². The predicted molar refractivity (Wildman–Crippen MR) is 129 cm³/mol. The number of anilines is 2. The monoisotopic (exact) mass is 413 g/mol. The number of nitrogens with one attached hydrogen (secondary N) is 1. The van der Waals surface area contributed by atoms with Gasteiger partial charge in [-0.25, -0.2) is 0 Å². The molecule has 0 aliphatic carbocycles.